The Bertz CT molecular complexity index is 506. The third-order valence-corrected chi connectivity index (χ3v) is 5.15. The number of carbonyl (C=O) groups excluding carboxylic acids is 1. The van der Waals surface area contributed by atoms with Gasteiger partial charge >= 0.3 is 0 Å². The Labute approximate surface area is 143 Å². The number of rotatable bonds is 4. The summed E-state index contributed by atoms with van der Waals surface area (Å²) in [7, 11) is 0. The summed E-state index contributed by atoms with van der Waals surface area (Å²) in [5.41, 5.74) is 1.21. The Morgan fingerprint density at radius 2 is 1.70 bits per heavy atom. The summed E-state index contributed by atoms with van der Waals surface area (Å²) in [6, 6.07) is 8.40. The molecule has 0 unspecified atom stereocenters. The number of hydrogen-bond donors (Lipinski definition) is 1. The summed E-state index contributed by atoms with van der Waals surface area (Å²) < 4.78 is 0. The minimum Gasteiger partial charge on any atom is -0.369 e. The highest BCUT2D eigenvalue weighted by Gasteiger charge is 2.21. The molecular formula is C18H26ClN3O. The van der Waals surface area contributed by atoms with E-state index in [9.17, 15) is 4.79 Å². The number of benzene rings is 1. The van der Waals surface area contributed by atoms with Gasteiger partial charge < -0.3 is 10.2 Å². The van der Waals surface area contributed by atoms with Crippen LogP contribution >= 0.6 is 11.6 Å². The largest absolute Gasteiger partial charge is 0.369 e. The van der Waals surface area contributed by atoms with E-state index in [1.54, 1.807) is 0 Å². The smallest absolute Gasteiger partial charge is 0.234 e. The van der Waals surface area contributed by atoms with Crippen LogP contribution in [0, 0.1) is 0 Å². The van der Waals surface area contributed by atoms with Gasteiger partial charge in [0.2, 0.25) is 5.91 Å². The fourth-order valence-electron chi connectivity index (χ4n) is 3.54. The third-order valence-electron chi connectivity index (χ3n) is 4.90. The maximum atomic E-state index is 12.2. The van der Waals surface area contributed by atoms with Crippen LogP contribution in [-0.4, -0.2) is 49.6 Å². The quantitative estimate of drug-likeness (QED) is 0.919. The molecule has 23 heavy (non-hydrogen) atoms. The molecule has 1 aromatic rings. The molecule has 1 aromatic carbocycles. The normalized spacial score (nSPS) is 20.5. The van der Waals surface area contributed by atoms with E-state index < -0.39 is 0 Å². The highest BCUT2D eigenvalue weighted by molar-refractivity contribution is 6.30. The molecule has 1 aliphatic carbocycles. The molecule has 0 atom stereocenters. The average Bonchev–Trinajstić information content (AvgIpc) is 2.57. The number of anilines is 1. The number of hydrogen-bond acceptors (Lipinski definition) is 3. The van der Waals surface area contributed by atoms with Crippen molar-refractivity contribution in [3.05, 3.63) is 29.3 Å². The Morgan fingerprint density at radius 3 is 2.35 bits per heavy atom. The minimum absolute atomic E-state index is 0.192. The van der Waals surface area contributed by atoms with E-state index in [2.05, 4.69) is 27.2 Å². The van der Waals surface area contributed by atoms with Crippen LogP contribution in [0.2, 0.25) is 5.02 Å². The molecule has 0 spiro atoms. The SMILES string of the molecule is O=C(CN1CCN(c2ccc(Cl)cc2)CC1)NC1CCCCC1. The van der Waals surface area contributed by atoms with E-state index in [1.807, 2.05) is 12.1 Å². The average molecular weight is 336 g/mol. The summed E-state index contributed by atoms with van der Waals surface area (Å²) in [5.74, 6) is 0.192. The fraction of sp³-hybridized carbons (Fsp3) is 0.611. The molecule has 2 fully saturated rings. The molecule has 126 valence electrons. The first-order valence-corrected chi connectivity index (χ1v) is 9.11. The van der Waals surface area contributed by atoms with Gasteiger partial charge in [-0.25, -0.2) is 0 Å². The fourth-order valence-corrected chi connectivity index (χ4v) is 3.67. The lowest BCUT2D eigenvalue weighted by Gasteiger charge is -2.36. The zero-order chi connectivity index (χ0) is 16.1. The van der Waals surface area contributed by atoms with Gasteiger partial charge in [0.1, 0.15) is 0 Å². The molecule has 1 heterocycles. The first-order chi connectivity index (χ1) is 11.2. The van der Waals surface area contributed by atoms with Crippen LogP contribution in [0.15, 0.2) is 24.3 Å². The van der Waals surface area contributed by atoms with Crippen LogP contribution in [0.4, 0.5) is 5.69 Å². The van der Waals surface area contributed by atoms with Crippen molar-refractivity contribution in [3.8, 4) is 0 Å². The molecule has 5 heteroatoms. The lowest BCUT2D eigenvalue weighted by Crippen LogP contribution is -2.50. The van der Waals surface area contributed by atoms with Crippen molar-refractivity contribution in [1.29, 1.82) is 0 Å². The van der Waals surface area contributed by atoms with E-state index in [4.69, 9.17) is 11.6 Å². The lowest BCUT2D eigenvalue weighted by molar-refractivity contribution is -0.123. The predicted octanol–water partition coefficient (Wildman–Crippen LogP) is 2.91. The second-order valence-electron chi connectivity index (χ2n) is 6.64. The van der Waals surface area contributed by atoms with Gasteiger partial charge in [0.05, 0.1) is 6.54 Å². The van der Waals surface area contributed by atoms with Crippen molar-refractivity contribution >= 4 is 23.2 Å². The zero-order valence-corrected chi connectivity index (χ0v) is 14.4. The number of nitrogens with one attached hydrogen (secondary N) is 1. The number of carbonyl (C=O) groups is 1. The van der Waals surface area contributed by atoms with Gasteiger partial charge in [-0.05, 0) is 37.1 Å². The minimum atomic E-state index is 0.192. The first-order valence-electron chi connectivity index (χ1n) is 8.73. The van der Waals surface area contributed by atoms with Crippen LogP contribution in [0.3, 0.4) is 0 Å². The molecule has 4 nitrogen and oxygen atoms in total. The van der Waals surface area contributed by atoms with E-state index in [-0.39, 0.29) is 5.91 Å². The van der Waals surface area contributed by atoms with Crippen LogP contribution in [-0.2, 0) is 4.79 Å². The third kappa shape index (κ3) is 4.85. The number of amides is 1. The van der Waals surface area contributed by atoms with Gasteiger partial charge in [0.15, 0.2) is 0 Å². The molecule has 1 saturated heterocycles. The highest BCUT2D eigenvalue weighted by atomic mass is 35.5. The van der Waals surface area contributed by atoms with E-state index >= 15 is 0 Å². The number of nitrogens with zero attached hydrogens (tertiary/aromatic N) is 2. The summed E-state index contributed by atoms with van der Waals surface area (Å²) in [5, 5.41) is 3.98. The molecule has 3 rings (SSSR count). The van der Waals surface area contributed by atoms with Crippen molar-refractivity contribution in [3.63, 3.8) is 0 Å². The highest BCUT2D eigenvalue weighted by Crippen LogP contribution is 2.20. The van der Waals surface area contributed by atoms with Crippen LogP contribution in [0.1, 0.15) is 32.1 Å². The summed E-state index contributed by atoms with van der Waals surface area (Å²) in [6.45, 7) is 4.31. The van der Waals surface area contributed by atoms with Gasteiger partial charge in [-0.15, -0.1) is 0 Å². The van der Waals surface area contributed by atoms with E-state index in [0.717, 1.165) is 44.0 Å². The maximum Gasteiger partial charge on any atom is 0.234 e. The molecular weight excluding hydrogens is 310 g/mol. The monoisotopic (exact) mass is 335 g/mol. The van der Waals surface area contributed by atoms with Crippen LogP contribution in [0.5, 0.6) is 0 Å². The van der Waals surface area contributed by atoms with Crippen molar-refractivity contribution in [2.24, 2.45) is 0 Å². The van der Waals surface area contributed by atoms with Gasteiger partial charge in [-0.1, -0.05) is 30.9 Å². The van der Waals surface area contributed by atoms with Crippen LogP contribution < -0.4 is 10.2 Å². The maximum absolute atomic E-state index is 12.2. The van der Waals surface area contributed by atoms with Crippen molar-refractivity contribution in [1.82, 2.24) is 10.2 Å². The Balaban J connectivity index is 1.41. The van der Waals surface area contributed by atoms with Gasteiger partial charge in [0, 0.05) is 42.9 Å². The second kappa shape index (κ2) is 8.02. The van der Waals surface area contributed by atoms with E-state index in [0.29, 0.717) is 12.6 Å². The van der Waals surface area contributed by atoms with E-state index in [1.165, 1.54) is 24.9 Å². The first kappa shape index (κ1) is 16.6. The Morgan fingerprint density at radius 1 is 1.04 bits per heavy atom. The Kier molecular flexibility index (Phi) is 5.79. The molecule has 2 aliphatic rings. The molecule has 1 amide bonds. The zero-order valence-electron chi connectivity index (χ0n) is 13.6. The molecule has 0 aromatic heterocycles. The topological polar surface area (TPSA) is 35.6 Å². The van der Waals surface area contributed by atoms with Crippen molar-refractivity contribution in [2.75, 3.05) is 37.6 Å². The molecule has 1 N–H and O–H groups in total. The van der Waals surface area contributed by atoms with Gasteiger partial charge in [-0.2, -0.15) is 0 Å². The van der Waals surface area contributed by atoms with Crippen molar-refractivity contribution in [2.45, 2.75) is 38.1 Å². The second-order valence-corrected chi connectivity index (χ2v) is 7.08. The number of halogens is 1. The molecule has 0 radical (unpaired) electrons. The lowest BCUT2D eigenvalue weighted by atomic mass is 9.95. The van der Waals surface area contributed by atoms with Gasteiger partial charge in [-0.3, -0.25) is 9.69 Å². The standard InChI is InChI=1S/C18H26ClN3O/c19-15-6-8-17(9-7-15)22-12-10-21(11-13-22)14-18(23)20-16-4-2-1-3-5-16/h6-9,16H,1-5,10-14H2,(H,20,23). The molecule has 0 bridgehead atoms. The molecule has 1 aliphatic heterocycles. The summed E-state index contributed by atoms with van der Waals surface area (Å²) in [4.78, 5) is 16.8. The van der Waals surface area contributed by atoms with Crippen LogP contribution in [0.25, 0.3) is 0 Å². The van der Waals surface area contributed by atoms with Gasteiger partial charge in [0.25, 0.3) is 0 Å². The number of piperazine rings is 1. The predicted molar refractivity (Wildman–Crippen MR) is 95.1 cm³/mol. The summed E-state index contributed by atoms with van der Waals surface area (Å²) >= 11 is 5.94. The summed E-state index contributed by atoms with van der Waals surface area (Å²) in [6.07, 6.45) is 6.13. The molecule has 1 saturated carbocycles. The van der Waals surface area contributed by atoms with Crippen molar-refractivity contribution < 1.29 is 4.79 Å². The Hall–Kier alpha value is -1.26.